The van der Waals surface area contributed by atoms with Gasteiger partial charge in [0.25, 0.3) is 0 Å². The van der Waals surface area contributed by atoms with E-state index in [1.165, 1.54) is 52.1 Å². The molecule has 0 bridgehead atoms. The lowest BCUT2D eigenvalue weighted by atomic mass is 10.2. The average Bonchev–Trinajstić information content (AvgIpc) is 2.35. The van der Waals surface area contributed by atoms with Gasteiger partial charge in [0, 0.05) is 12.8 Å². The van der Waals surface area contributed by atoms with E-state index in [2.05, 4.69) is 22.9 Å². The van der Waals surface area contributed by atoms with Crippen LogP contribution in [0.4, 0.5) is 0 Å². The first-order valence-electron chi connectivity index (χ1n) is 7.62. The van der Waals surface area contributed by atoms with E-state index < -0.39 is 0 Å². The second-order valence-corrected chi connectivity index (χ2v) is 5.12. The molecule has 14 N–H and O–H groups in total. The first-order valence-corrected chi connectivity index (χ1v) is 7.62. The molecule has 0 saturated heterocycles. The summed E-state index contributed by atoms with van der Waals surface area (Å²) in [7, 11) is 0. The van der Waals surface area contributed by atoms with Gasteiger partial charge in [0.05, 0.1) is 13.1 Å². The van der Waals surface area contributed by atoms with Gasteiger partial charge in [-0.1, -0.05) is 0 Å². The summed E-state index contributed by atoms with van der Waals surface area (Å²) in [5, 5.41) is 0. The smallest absolute Gasteiger partial charge is 0.127 e. The van der Waals surface area contributed by atoms with E-state index in [9.17, 15) is 0 Å². The number of hydrogen-bond donors (Lipinski definition) is 6. The minimum Gasteiger partial charge on any atom is -0.353 e. The standard InChI is InChI=1S/C12H32N6/c13-3-9-17(10-4-14)7-1-2-8-18(11-5-15)12-6-16/h1-16H2/p+6. The first kappa shape index (κ1) is 17.8. The van der Waals surface area contributed by atoms with E-state index in [-0.39, 0.29) is 0 Å². The fourth-order valence-corrected chi connectivity index (χ4v) is 2.50. The molecule has 0 aromatic heterocycles. The average molecular weight is 266 g/mol. The van der Waals surface area contributed by atoms with Crippen molar-refractivity contribution in [3.8, 4) is 0 Å². The highest BCUT2D eigenvalue weighted by Gasteiger charge is 2.11. The minimum atomic E-state index is 1.04. The molecule has 0 unspecified atom stereocenters. The van der Waals surface area contributed by atoms with Gasteiger partial charge in [-0.05, 0) is 0 Å². The lowest BCUT2D eigenvalue weighted by molar-refractivity contribution is -0.916. The molecule has 0 aromatic carbocycles. The van der Waals surface area contributed by atoms with Crippen LogP contribution in [-0.4, -0.2) is 65.4 Å². The van der Waals surface area contributed by atoms with Crippen LogP contribution in [0.5, 0.6) is 0 Å². The SMILES string of the molecule is [NH3+]CC[NH+](CC[NH3+])CCCC[NH+](CC[NH3+])CC[NH3+]. The molecule has 0 saturated carbocycles. The summed E-state index contributed by atoms with van der Waals surface area (Å²) < 4.78 is 0. The zero-order valence-electron chi connectivity index (χ0n) is 12.3. The molecule has 0 radical (unpaired) electrons. The summed E-state index contributed by atoms with van der Waals surface area (Å²) in [6.07, 6.45) is 2.65. The van der Waals surface area contributed by atoms with Crippen molar-refractivity contribution in [2.45, 2.75) is 12.8 Å². The van der Waals surface area contributed by atoms with Gasteiger partial charge in [0.2, 0.25) is 0 Å². The molecule has 0 spiro atoms. The van der Waals surface area contributed by atoms with Crippen molar-refractivity contribution in [1.29, 1.82) is 0 Å². The molecule has 110 valence electrons. The van der Waals surface area contributed by atoms with Crippen molar-refractivity contribution in [2.75, 3.05) is 65.4 Å². The van der Waals surface area contributed by atoms with Crippen molar-refractivity contribution in [3.05, 3.63) is 0 Å². The highest BCUT2D eigenvalue weighted by molar-refractivity contribution is 4.38. The van der Waals surface area contributed by atoms with Crippen LogP contribution in [0.15, 0.2) is 0 Å². The fraction of sp³-hybridized carbons (Fsp3) is 1.00. The third-order valence-electron chi connectivity index (χ3n) is 3.43. The third kappa shape index (κ3) is 9.76. The third-order valence-corrected chi connectivity index (χ3v) is 3.43. The van der Waals surface area contributed by atoms with Crippen LogP contribution < -0.4 is 32.7 Å². The summed E-state index contributed by atoms with van der Waals surface area (Å²) in [6, 6.07) is 0. The van der Waals surface area contributed by atoms with E-state index in [4.69, 9.17) is 0 Å². The van der Waals surface area contributed by atoms with Crippen LogP contribution in [0.2, 0.25) is 0 Å². The molecule has 0 amide bonds. The van der Waals surface area contributed by atoms with Gasteiger partial charge < -0.3 is 32.7 Å². The van der Waals surface area contributed by atoms with E-state index in [0.717, 1.165) is 26.2 Å². The Kier molecular flexibility index (Phi) is 13.0. The summed E-state index contributed by atoms with van der Waals surface area (Å²) in [5.41, 5.74) is 15.8. The lowest BCUT2D eigenvalue weighted by Crippen LogP contribution is -3.15. The largest absolute Gasteiger partial charge is 0.353 e. The molecule has 18 heavy (non-hydrogen) atoms. The second-order valence-electron chi connectivity index (χ2n) is 5.12. The van der Waals surface area contributed by atoms with Gasteiger partial charge in [-0.2, -0.15) is 0 Å². The van der Waals surface area contributed by atoms with Crippen molar-refractivity contribution in [1.82, 2.24) is 0 Å². The van der Waals surface area contributed by atoms with Crippen molar-refractivity contribution >= 4 is 0 Å². The molecule has 0 aliphatic rings. The van der Waals surface area contributed by atoms with Gasteiger partial charge in [-0.15, -0.1) is 0 Å². The number of nitrogens with one attached hydrogen (secondary N) is 2. The Bertz CT molecular complexity index is 137. The molecule has 6 nitrogen and oxygen atoms in total. The van der Waals surface area contributed by atoms with Gasteiger partial charge in [-0.25, -0.2) is 0 Å². The molecule has 0 aromatic rings. The van der Waals surface area contributed by atoms with Crippen LogP contribution in [0, 0.1) is 0 Å². The maximum absolute atomic E-state index is 3.95. The normalized spacial score (nSPS) is 11.7. The molecule has 0 heterocycles. The van der Waals surface area contributed by atoms with Crippen LogP contribution in [0.3, 0.4) is 0 Å². The number of rotatable bonds is 13. The molecule has 0 rings (SSSR count). The molecule has 0 aliphatic carbocycles. The number of quaternary nitrogens is 6. The summed E-state index contributed by atoms with van der Waals surface area (Å²) >= 11 is 0. The highest BCUT2D eigenvalue weighted by atomic mass is 15.1. The predicted molar refractivity (Wildman–Crippen MR) is 71.4 cm³/mol. The van der Waals surface area contributed by atoms with Gasteiger partial charge in [-0.3, -0.25) is 0 Å². The van der Waals surface area contributed by atoms with Crippen molar-refractivity contribution in [2.24, 2.45) is 0 Å². The zero-order chi connectivity index (χ0) is 13.6. The lowest BCUT2D eigenvalue weighted by Gasteiger charge is -2.18. The van der Waals surface area contributed by atoms with E-state index in [1.807, 2.05) is 0 Å². The minimum absolute atomic E-state index is 1.04. The fourth-order valence-electron chi connectivity index (χ4n) is 2.50. The van der Waals surface area contributed by atoms with Gasteiger partial charge in [0.15, 0.2) is 0 Å². The van der Waals surface area contributed by atoms with Gasteiger partial charge >= 0.3 is 0 Å². The zero-order valence-corrected chi connectivity index (χ0v) is 12.3. The highest BCUT2D eigenvalue weighted by Crippen LogP contribution is 1.79. The van der Waals surface area contributed by atoms with Crippen LogP contribution in [0.1, 0.15) is 12.8 Å². The van der Waals surface area contributed by atoms with Crippen molar-refractivity contribution < 1.29 is 32.7 Å². The Labute approximate surface area is 112 Å². The van der Waals surface area contributed by atoms with Crippen LogP contribution in [0.25, 0.3) is 0 Å². The maximum atomic E-state index is 3.95. The number of hydrogen-bond acceptors (Lipinski definition) is 0. The van der Waals surface area contributed by atoms with E-state index in [0.29, 0.717) is 0 Å². The Morgan fingerprint density at radius 3 is 0.944 bits per heavy atom. The Morgan fingerprint density at radius 1 is 0.444 bits per heavy atom. The molecule has 6 heteroatoms. The quantitative estimate of drug-likeness (QED) is 0.178. The summed E-state index contributed by atoms with van der Waals surface area (Å²) in [4.78, 5) is 3.35. The predicted octanol–water partition coefficient (Wildman–Crippen LogP) is -7.50. The Hall–Kier alpha value is -0.240. The number of unbranched alkanes of at least 4 members (excludes halogenated alkanes) is 1. The van der Waals surface area contributed by atoms with Crippen LogP contribution >= 0.6 is 0 Å². The molecule has 0 aliphatic heterocycles. The molecule has 0 fully saturated rings. The Morgan fingerprint density at radius 2 is 0.722 bits per heavy atom. The van der Waals surface area contributed by atoms with Crippen LogP contribution in [-0.2, 0) is 0 Å². The van der Waals surface area contributed by atoms with Gasteiger partial charge in [0.1, 0.15) is 52.4 Å². The van der Waals surface area contributed by atoms with E-state index >= 15 is 0 Å². The Balaban J connectivity index is 3.66. The summed E-state index contributed by atoms with van der Waals surface area (Å²) in [6.45, 7) is 11.5. The molecular weight excluding hydrogens is 228 g/mol. The molecule has 0 atom stereocenters. The first-order chi connectivity index (χ1) is 8.78. The topological polar surface area (TPSA) is 119 Å². The second kappa shape index (κ2) is 13.2. The maximum Gasteiger partial charge on any atom is 0.127 e. The summed E-state index contributed by atoms with van der Waals surface area (Å²) in [5.74, 6) is 0. The molecular formula is C12H38N6+6. The van der Waals surface area contributed by atoms with Crippen molar-refractivity contribution in [3.63, 3.8) is 0 Å². The monoisotopic (exact) mass is 266 g/mol. The van der Waals surface area contributed by atoms with E-state index in [1.54, 1.807) is 9.80 Å².